The Morgan fingerprint density at radius 3 is 2.37 bits per heavy atom. The maximum atomic E-state index is 12.1. The van der Waals surface area contributed by atoms with Gasteiger partial charge >= 0.3 is 0 Å². The van der Waals surface area contributed by atoms with Crippen molar-refractivity contribution in [2.75, 3.05) is 5.32 Å². The van der Waals surface area contributed by atoms with Crippen molar-refractivity contribution in [1.82, 2.24) is 5.32 Å². The molecule has 1 unspecified atom stereocenters. The molecule has 2 amide bonds. The quantitative estimate of drug-likeness (QED) is 0.726. The van der Waals surface area contributed by atoms with Gasteiger partial charge < -0.3 is 15.7 Å². The molecule has 0 spiro atoms. The maximum Gasteiger partial charge on any atom is 0.247 e. The van der Waals surface area contributed by atoms with E-state index < -0.39 is 6.04 Å². The maximum absolute atomic E-state index is 12.1. The Balaban J connectivity index is 2.84. The summed E-state index contributed by atoms with van der Waals surface area (Å²) in [6, 6.07) is 4.36. The van der Waals surface area contributed by atoms with E-state index in [0.29, 0.717) is 5.69 Å². The lowest BCUT2D eigenvalue weighted by Gasteiger charge is -2.21. The minimum atomic E-state index is -0.627. The zero-order chi connectivity index (χ0) is 14.6. The van der Waals surface area contributed by atoms with Gasteiger partial charge in [-0.15, -0.1) is 0 Å². The molecule has 1 aromatic rings. The molecule has 0 fully saturated rings. The number of hydrogen-bond acceptors (Lipinski definition) is 3. The van der Waals surface area contributed by atoms with Crippen molar-refractivity contribution in [3.63, 3.8) is 0 Å². The average Bonchev–Trinajstić information content (AvgIpc) is 2.29. The SMILES string of the molecule is CC(=O)NC(C(=O)Nc1ccc(C)cc1O)C(C)C. The summed E-state index contributed by atoms with van der Waals surface area (Å²) in [4.78, 5) is 23.2. The molecule has 0 bridgehead atoms. The Bertz CT molecular complexity index is 484. The average molecular weight is 264 g/mol. The highest BCUT2D eigenvalue weighted by atomic mass is 16.3. The van der Waals surface area contributed by atoms with Gasteiger partial charge in [0.2, 0.25) is 11.8 Å². The number of anilines is 1. The van der Waals surface area contributed by atoms with Gasteiger partial charge in [-0.1, -0.05) is 19.9 Å². The van der Waals surface area contributed by atoms with Crippen LogP contribution in [0.2, 0.25) is 0 Å². The largest absolute Gasteiger partial charge is 0.506 e. The minimum Gasteiger partial charge on any atom is -0.506 e. The van der Waals surface area contributed by atoms with Crippen LogP contribution in [-0.2, 0) is 9.59 Å². The monoisotopic (exact) mass is 264 g/mol. The molecule has 19 heavy (non-hydrogen) atoms. The molecular formula is C14H20N2O3. The number of amides is 2. The molecule has 5 nitrogen and oxygen atoms in total. The van der Waals surface area contributed by atoms with Crippen molar-refractivity contribution in [2.45, 2.75) is 33.7 Å². The Labute approximate surface area is 113 Å². The van der Waals surface area contributed by atoms with Crippen LogP contribution in [0.3, 0.4) is 0 Å². The molecule has 1 atom stereocenters. The number of carbonyl (C=O) groups excluding carboxylic acids is 2. The first-order valence-corrected chi connectivity index (χ1v) is 6.19. The lowest BCUT2D eigenvalue weighted by atomic mass is 10.0. The summed E-state index contributed by atoms with van der Waals surface area (Å²) in [5.74, 6) is -0.637. The number of benzene rings is 1. The lowest BCUT2D eigenvalue weighted by Crippen LogP contribution is -2.46. The molecule has 3 N–H and O–H groups in total. The third-order valence-electron chi connectivity index (χ3n) is 2.72. The number of phenolic OH excluding ortho intramolecular Hbond substituents is 1. The zero-order valence-electron chi connectivity index (χ0n) is 11.7. The summed E-state index contributed by atoms with van der Waals surface area (Å²) in [6.45, 7) is 6.90. The summed E-state index contributed by atoms with van der Waals surface area (Å²) < 4.78 is 0. The van der Waals surface area contributed by atoms with Gasteiger partial charge in [-0.2, -0.15) is 0 Å². The van der Waals surface area contributed by atoms with Crippen molar-refractivity contribution in [3.05, 3.63) is 23.8 Å². The van der Waals surface area contributed by atoms with Crippen molar-refractivity contribution in [1.29, 1.82) is 0 Å². The third-order valence-corrected chi connectivity index (χ3v) is 2.72. The fraction of sp³-hybridized carbons (Fsp3) is 0.429. The van der Waals surface area contributed by atoms with Crippen LogP contribution in [-0.4, -0.2) is 23.0 Å². The van der Waals surface area contributed by atoms with E-state index >= 15 is 0 Å². The molecule has 0 radical (unpaired) electrons. The van der Waals surface area contributed by atoms with Gasteiger partial charge in [-0.05, 0) is 30.5 Å². The molecule has 0 heterocycles. The first-order valence-electron chi connectivity index (χ1n) is 6.19. The van der Waals surface area contributed by atoms with Crippen LogP contribution in [0, 0.1) is 12.8 Å². The Kier molecular flexibility index (Phi) is 4.92. The van der Waals surface area contributed by atoms with Crippen LogP contribution in [0.15, 0.2) is 18.2 Å². The topological polar surface area (TPSA) is 78.4 Å². The fourth-order valence-corrected chi connectivity index (χ4v) is 1.71. The normalized spacial score (nSPS) is 12.1. The molecule has 0 aliphatic heterocycles. The van der Waals surface area contributed by atoms with Crippen LogP contribution in [0.4, 0.5) is 5.69 Å². The van der Waals surface area contributed by atoms with Crippen molar-refractivity contribution in [2.24, 2.45) is 5.92 Å². The highest BCUT2D eigenvalue weighted by molar-refractivity contribution is 5.98. The van der Waals surface area contributed by atoms with E-state index in [4.69, 9.17) is 0 Å². The third kappa shape index (κ3) is 4.28. The van der Waals surface area contributed by atoms with Crippen LogP contribution >= 0.6 is 0 Å². The number of rotatable bonds is 4. The lowest BCUT2D eigenvalue weighted by molar-refractivity contribution is -0.126. The summed E-state index contributed by atoms with van der Waals surface area (Å²) in [7, 11) is 0. The molecule has 5 heteroatoms. The number of nitrogens with one attached hydrogen (secondary N) is 2. The fourth-order valence-electron chi connectivity index (χ4n) is 1.71. The van der Waals surface area contributed by atoms with Crippen molar-refractivity contribution in [3.8, 4) is 5.75 Å². The first kappa shape index (κ1) is 15.0. The highest BCUT2D eigenvalue weighted by Gasteiger charge is 2.23. The van der Waals surface area contributed by atoms with E-state index in [0.717, 1.165) is 5.56 Å². The van der Waals surface area contributed by atoms with Crippen molar-refractivity contribution >= 4 is 17.5 Å². The van der Waals surface area contributed by atoms with E-state index in [1.54, 1.807) is 18.2 Å². The highest BCUT2D eigenvalue weighted by Crippen LogP contribution is 2.24. The van der Waals surface area contributed by atoms with E-state index in [1.165, 1.54) is 6.92 Å². The van der Waals surface area contributed by atoms with Gasteiger partial charge in [0.1, 0.15) is 11.8 Å². The summed E-state index contributed by atoms with van der Waals surface area (Å²) in [6.07, 6.45) is 0. The summed E-state index contributed by atoms with van der Waals surface area (Å²) in [5.41, 5.74) is 1.24. The second kappa shape index (κ2) is 6.22. The summed E-state index contributed by atoms with van der Waals surface area (Å²) >= 11 is 0. The molecule has 0 aromatic heterocycles. The van der Waals surface area contributed by atoms with E-state index in [2.05, 4.69) is 10.6 Å². The van der Waals surface area contributed by atoms with Gasteiger partial charge in [-0.3, -0.25) is 9.59 Å². The first-order chi connectivity index (χ1) is 8.81. The molecule has 104 valence electrons. The zero-order valence-corrected chi connectivity index (χ0v) is 11.7. The number of carbonyl (C=O) groups is 2. The van der Waals surface area contributed by atoms with Crippen LogP contribution in [0.1, 0.15) is 26.3 Å². The van der Waals surface area contributed by atoms with Gasteiger partial charge in [0.25, 0.3) is 0 Å². The molecule has 0 saturated heterocycles. The van der Waals surface area contributed by atoms with Gasteiger partial charge in [0.05, 0.1) is 5.69 Å². The Hall–Kier alpha value is -2.04. The molecular weight excluding hydrogens is 244 g/mol. The molecule has 0 aliphatic rings. The molecule has 0 saturated carbocycles. The number of hydrogen-bond donors (Lipinski definition) is 3. The molecule has 0 aliphatic carbocycles. The van der Waals surface area contributed by atoms with E-state index in [1.807, 2.05) is 20.8 Å². The van der Waals surface area contributed by atoms with Gasteiger partial charge in [0, 0.05) is 6.92 Å². The number of aryl methyl sites for hydroxylation is 1. The standard InChI is InChI=1S/C14H20N2O3/c1-8(2)13(15-10(4)17)14(19)16-11-6-5-9(3)7-12(11)18/h5-8,13,18H,1-4H3,(H,15,17)(H,16,19). The molecule has 1 rings (SSSR count). The number of phenols is 1. The predicted molar refractivity (Wildman–Crippen MR) is 73.9 cm³/mol. The minimum absolute atomic E-state index is 0.0127. The number of aromatic hydroxyl groups is 1. The van der Waals surface area contributed by atoms with Gasteiger partial charge in [0.15, 0.2) is 0 Å². The predicted octanol–water partition coefficient (Wildman–Crippen LogP) is 1.80. The second-order valence-corrected chi connectivity index (χ2v) is 4.93. The summed E-state index contributed by atoms with van der Waals surface area (Å²) in [5, 5.41) is 15.0. The Morgan fingerprint density at radius 2 is 1.89 bits per heavy atom. The molecule has 1 aromatic carbocycles. The van der Waals surface area contributed by atoms with E-state index in [-0.39, 0.29) is 23.5 Å². The smallest absolute Gasteiger partial charge is 0.247 e. The second-order valence-electron chi connectivity index (χ2n) is 4.93. The van der Waals surface area contributed by atoms with E-state index in [9.17, 15) is 14.7 Å². The van der Waals surface area contributed by atoms with Crippen LogP contribution in [0.25, 0.3) is 0 Å². The Morgan fingerprint density at radius 1 is 1.26 bits per heavy atom. The van der Waals surface area contributed by atoms with Crippen LogP contribution < -0.4 is 10.6 Å². The van der Waals surface area contributed by atoms with Crippen molar-refractivity contribution < 1.29 is 14.7 Å². The van der Waals surface area contributed by atoms with Crippen LogP contribution in [0.5, 0.6) is 5.75 Å². The van der Waals surface area contributed by atoms with Gasteiger partial charge in [-0.25, -0.2) is 0 Å².